The summed E-state index contributed by atoms with van der Waals surface area (Å²) >= 11 is 0. The molecule has 0 saturated carbocycles. The molecule has 0 unspecified atom stereocenters. The van der Waals surface area contributed by atoms with E-state index in [1.165, 1.54) is 0 Å². The van der Waals surface area contributed by atoms with Gasteiger partial charge in [-0.3, -0.25) is 4.79 Å². The van der Waals surface area contributed by atoms with Crippen molar-refractivity contribution < 1.29 is 18.7 Å². The number of alkyl halides is 2. The Kier molecular flexibility index (Phi) is 6.48. The molecule has 0 radical (unpaired) electrons. The van der Waals surface area contributed by atoms with Crippen LogP contribution in [-0.2, 0) is 4.79 Å². The van der Waals surface area contributed by atoms with E-state index in [0.717, 1.165) is 6.92 Å². The van der Waals surface area contributed by atoms with Crippen molar-refractivity contribution in [2.24, 2.45) is 5.92 Å². The van der Waals surface area contributed by atoms with Gasteiger partial charge in [-0.1, -0.05) is 13.8 Å². The van der Waals surface area contributed by atoms with E-state index in [4.69, 9.17) is 5.11 Å². The first-order chi connectivity index (χ1) is 7.28. The number of nitrogens with one attached hydrogen (secondary N) is 1. The molecule has 0 spiro atoms. The molecule has 0 aromatic heterocycles. The van der Waals surface area contributed by atoms with Crippen molar-refractivity contribution in [3.63, 3.8) is 0 Å². The zero-order valence-electron chi connectivity index (χ0n) is 10.1. The van der Waals surface area contributed by atoms with Gasteiger partial charge in [0, 0.05) is 12.6 Å². The zero-order valence-corrected chi connectivity index (χ0v) is 10.1. The average molecular weight is 237 g/mol. The van der Waals surface area contributed by atoms with Crippen LogP contribution in [0.2, 0.25) is 0 Å². The molecule has 0 aliphatic carbocycles. The molecule has 0 rings (SSSR count). The van der Waals surface area contributed by atoms with E-state index in [2.05, 4.69) is 5.32 Å². The molecule has 5 heteroatoms. The van der Waals surface area contributed by atoms with Gasteiger partial charge in [0.2, 0.25) is 5.91 Å². The SMILES string of the molecule is CC[C@H](C[C@H](C)CO)NC(=O)CC(C)(F)F. The number of halogens is 2. The Hall–Kier alpha value is -0.710. The number of amides is 1. The summed E-state index contributed by atoms with van der Waals surface area (Å²) in [5.41, 5.74) is 0. The molecule has 96 valence electrons. The minimum absolute atomic E-state index is 0.0380. The summed E-state index contributed by atoms with van der Waals surface area (Å²) in [5, 5.41) is 11.4. The lowest BCUT2D eigenvalue weighted by molar-refractivity contribution is -0.128. The third kappa shape index (κ3) is 7.56. The second-order valence-corrected chi connectivity index (χ2v) is 4.44. The van der Waals surface area contributed by atoms with E-state index >= 15 is 0 Å². The molecule has 0 fully saturated rings. The summed E-state index contributed by atoms with van der Waals surface area (Å²) in [6.45, 7) is 4.49. The van der Waals surface area contributed by atoms with Crippen molar-refractivity contribution >= 4 is 5.91 Å². The van der Waals surface area contributed by atoms with Gasteiger partial charge in [-0.2, -0.15) is 0 Å². The van der Waals surface area contributed by atoms with E-state index in [0.29, 0.717) is 12.8 Å². The molecule has 2 atom stereocenters. The quantitative estimate of drug-likeness (QED) is 0.711. The maximum Gasteiger partial charge on any atom is 0.254 e. The highest BCUT2D eigenvalue weighted by Crippen LogP contribution is 2.17. The first-order valence-electron chi connectivity index (χ1n) is 5.56. The third-order valence-corrected chi connectivity index (χ3v) is 2.33. The monoisotopic (exact) mass is 237 g/mol. The molecule has 0 aliphatic heterocycles. The Balaban J connectivity index is 4.07. The summed E-state index contributed by atoms with van der Waals surface area (Å²) in [6.07, 6.45) is 0.496. The predicted molar refractivity (Wildman–Crippen MR) is 58.3 cm³/mol. The highest BCUT2D eigenvalue weighted by atomic mass is 19.3. The Morgan fingerprint density at radius 3 is 2.44 bits per heavy atom. The molecular weight excluding hydrogens is 216 g/mol. The van der Waals surface area contributed by atoms with Crippen molar-refractivity contribution in [3.05, 3.63) is 0 Å². The van der Waals surface area contributed by atoms with Gasteiger partial charge in [0.25, 0.3) is 5.92 Å². The van der Waals surface area contributed by atoms with Gasteiger partial charge in [-0.15, -0.1) is 0 Å². The maximum absolute atomic E-state index is 12.6. The Morgan fingerprint density at radius 1 is 1.50 bits per heavy atom. The summed E-state index contributed by atoms with van der Waals surface area (Å²) < 4.78 is 25.1. The molecule has 0 heterocycles. The maximum atomic E-state index is 12.6. The molecule has 1 amide bonds. The Labute approximate surface area is 95.2 Å². The van der Waals surface area contributed by atoms with Crippen LogP contribution in [0, 0.1) is 5.92 Å². The van der Waals surface area contributed by atoms with Gasteiger partial charge >= 0.3 is 0 Å². The minimum Gasteiger partial charge on any atom is -0.396 e. The number of carbonyl (C=O) groups is 1. The topological polar surface area (TPSA) is 49.3 Å². The summed E-state index contributed by atoms with van der Waals surface area (Å²) in [5.74, 6) is -3.54. The molecule has 16 heavy (non-hydrogen) atoms. The van der Waals surface area contributed by atoms with Gasteiger partial charge in [-0.25, -0.2) is 8.78 Å². The standard InChI is InChI=1S/C11H21F2NO2/c1-4-9(5-8(2)7-15)14-10(16)6-11(3,12)13/h8-9,15H,4-7H2,1-3H3,(H,14,16)/t8-,9+/m0/s1. The van der Waals surface area contributed by atoms with E-state index in [9.17, 15) is 13.6 Å². The summed E-state index contributed by atoms with van der Waals surface area (Å²) in [6, 6.07) is -0.142. The zero-order chi connectivity index (χ0) is 12.8. The van der Waals surface area contributed by atoms with E-state index < -0.39 is 18.3 Å². The molecule has 0 bridgehead atoms. The highest BCUT2D eigenvalue weighted by molar-refractivity contribution is 5.77. The van der Waals surface area contributed by atoms with Crippen molar-refractivity contribution in [2.45, 2.75) is 52.0 Å². The van der Waals surface area contributed by atoms with Crippen molar-refractivity contribution in [2.75, 3.05) is 6.61 Å². The number of aliphatic hydroxyl groups is 1. The Morgan fingerprint density at radius 2 is 2.06 bits per heavy atom. The molecule has 2 N–H and O–H groups in total. The second kappa shape index (κ2) is 6.78. The molecular formula is C11H21F2NO2. The number of hydrogen-bond acceptors (Lipinski definition) is 2. The number of rotatable bonds is 7. The van der Waals surface area contributed by atoms with Gasteiger partial charge in [-0.05, 0) is 25.7 Å². The lowest BCUT2D eigenvalue weighted by Gasteiger charge is -2.20. The summed E-state index contributed by atoms with van der Waals surface area (Å²) in [7, 11) is 0. The predicted octanol–water partition coefficient (Wildman–Crippen LogP) is 1.94. The Bertz CT molecular complexity index is 217. The minimum atomic E-state index is -2.97. The second-order valence-electron chi connectivity index (χ2n) is 4.44. The first-order valence-corrected chi connectivity index (χ1v) is 5.56. The molecule has 0 aromatic carbocycles. The van der Waals surface area contributed by atoms with Crippen LogP contribution in [0.3, 0.4) is 0 Å². The van der Waals surface area contributed by atoms with Gasteiger partial charge < -0.3 is 10.4 Å². The van der Waals surface area contributed by atoms with Crippen LogP contribution in [0.5, 0.6) is 0 Å². The van der Waals surface area contributed by atoms with E-state index in [1.54, 1.807) is 0 Å². The van der Waals surface area contributed by atoms with E-state index in [-0.39, 0.29) is 18.6 Å². The lowest BCUT2D eigenvalue weighted by Crippen LogP contribution is -2.38. The molecule has 3 nitrogen and oxygen atoms in total. The van der Waals surface area contributed by atoms with Crippen molar-refractivity contribution in [3.8, 4) is 0 Å². The van der Waals surface area contributed by atoms with Crippen LogP contribution in [0.1, 0.15) is 40.0 Å². The van der Waals surface area contributed by atoms with Crippen LogP contribution in [-0.4, -0.2) is 29.6 Å². The van der Waals surface area contributed by atoms with Crippen LogP contribution >= 0.6 is 0 Å². The van der Waals surface area contributed by atoms with Crippen LogP contribution in [0.4, 0.5) is 8.78 Å². The molecule has 0 aliphatic rings. The lowest BCUT2D eigenvalue weighted by atomic mass is 10.0. The number of aliphatic hydroxyl groups excluding tert-OH is 1. The fourth-order valence-corrected chi connectivity index (χ4v) is 1.45. The fraction of sp³-hybridized carbons (Fsp3) is 0.909. The van der Waals surface area contributed by atoms with Gasteiger partial charge in [0.05, 0.1) is 6.42 Å². The largest absolute Gasteiger partial charge is 0.396 e. The van der Waals surface area contributed by atoms with Crippen LogP contribution < -0.4 is 5.32 Å². The van der Waals surface area contributed by atoms with E-state index in [1.807, 2.05) is 13.8 Å². The third-order valence-electron chi connectivity index (χ3n) is 2.33. The number of carbonyl (C=O) groups excluding carboxylic acids is 1. The van der Waals surface area contributed by atoms with Crippen molar-refractivity contribution in [1.29, 1.82) is 0 Å². The number of hydrogen-bond donors (Lipinski definition) is 2. The van der Waals surface area contributed by atoms with Gasteiger partial charge in [0.15, 0.2) is 0 Å². The van der Waals surface area contributed by atoms with Crippen LogP contribution in [0.15, 0.2) is 0 Å². The smallest absolute Gasteiger partial charge is 0.254 e. The van der Waals surface area contributed by atoms with Crippen molar-refractivity contribution in [1.82, 2.24) is 5.32 Å². The summed E-state index contributed by atoms with van der Waals surface area (Å²) in [4.78, 5) is 11.2. The normalized spacial score (nSPS) is 15.6. The fourth-order valence-electron chi connectivity index (χ4n) is 1.45. The van der Waals surface area contributed by atoms with Crippen LogP contribution in [0.25, 0.3) is 0 Å². The first kappa shape index (κ1) is 15.3. The molecule has 0 saturated heterocycles. The highest BCUT2D eigenvalue weighted by Gasteiger charge is 2.26. The average Bonchev–Trinajstić information content (AvgIpc) is 2.13. The van der Waals surface area contributed by atoms with Gasteiger partial charge in [0.1, 0.15) is 0 Å². The molecule has 0 aromatic rings.